The van der Waals surface area contributed by atoms with Gasteiger partial charge in [-0.05, 0) is 45.8 Å². The first-order valence-corrected chi connectivity index (χ1v) is 9.25. The lowest BCUT2D eigenvalue weighted by atomic mass is 9.98. The fourth-order valence-corrected chi connectivity index (χ4v) is 3.56. The molecule has 0 bridgehead atoms. The van der Waals surface area contributed by atoms with Gasteiger partial charge in [0.25, 0.3) is 0 Å². The van der Waals surface area contributed by atoms with Gasteiger partial charge in [-0.2, -0.15) is 0 Å². The maximum atomic E-state index is 12.4. The van der Waals surface area contributed by atoms with Crippen LogP contribution in [0.4, 0.5) is 4.79 Å². The number of nitrogens with one attached hydrogen (secondary N) is 1. The third kappa shape index (κ3) is 5.72. The number of aliphatic hydroxyl groups is 1. The second kappa shape index (κ2) is 8.68. The van der Waals surface area contributed by atoms with Crippen LogP contribution < -0.4 is 5.32 Å². The van der Waals surface area contributed by atoms with Gasteiger partial charge in [0.15, 0.2) is 0 Å². The van der Waals surface area contributed by atoms with E-state index in [0.29, 0.717) is 19.5 Å². The minimum absolute atomic E-state index is 0.0823. The van der Waals surface area contributed by atoms with Crippen molar-refractivity contribution in [2.24, 2.45) is 0 Å². The van der Waals surface area contributed by atoms with Gasteiger partial charge in [0.05, 0.1) is 11.6 Å². The van der Waals surface area contributed by atoms with E-state index in [-0.39, 0.29) is 12.1 Å². The molecule has 0 aliphatic heterocycles. The normalized spacial score (nSPS) is 17.5. The van der Waals surface area contributed by atoms with Crippen molar-refractivity contribution in [1.82, 2.24) is 15.1 Å². The first kappa shape index (κ1) is 19.7. The quantitative estimate of drug-likeness (QED) is 0.797. The van der Waals surface area contributed by atoms with Crippen LogP contribution in [0.3, 0.4) is 0 Å². The highest BCUT2D eigenvalue weighted by atomic mass is 16.3. The van der Waals surface area contributed by atoms with Crippen LogP contribution in [-0.4, -0.2) is 60.8 Å². The fraction of sp³-hybridized carbons (Fsp3) is 0.650. The molecule has 1 aliphatic carbocycles. The number of likely N-dealkylation sites (N-methyl/N-ethyl adjacent to an activating group) is 1. The molecular weight excluding hydrogens is 314 g/mol. The number of aryl methyl sites for hydroxylation is 1. The average Bonchev–Trinajstić information content (AvgIpc) is 2.99. The van der Waals surface area contributed by atoms with Crippen molar-refractivity contribution < 1.29 is 9.90 Å². The summed E-state index contributed by atoms with van der Waals surface area (Å²) >= 11 is 0. The summed E-state index contributed by atoms with van der Waals surface area (Å²) in [6.07, 6.45) is 4.56. The molecule has 5 nitrogen and oxygen atoms in total. The molecule has 0 aromatic heterocycles. The summed E-state index contributed by atoms with van der Waals surface area (Å²) in [5.74, 6) is 0. The number of benzene rings is 1. The van der Waals surface area contributed by atoms with Crippen molar-refractivity contribution >= 4 is 6.03 Å². The Morgan fingerprint density at radius 2 is 1.96 bits per heavy atom. The topological polar surface area (TPSA) is 55.8 Å². The van der Waals surface area contributed by atoms with E-state index < -0.39 is 5.60 Å². The molecule has 1 aliphatic rings. The summed E-state index contributed by atoms with van der Waals surface area (Å²) in [7, 11) is 5.85. The summed E-state index contributed by atoms with van der Waals surface area (Å²) in [6.45, 7) is 3.22. The van der Waals surface area contributed by atoms with E-state index in [1.54, 1.807) is 11.9 Å². The Balaban J connectivity index is 1.85. The zero-order chi connectivity index (χ0) is 18.4. The van der Waals surface area contributed by atoms with Crippen molar-refractivity contribution in [2.75, 3.05) is 34.2 Å². The van der Waals surface area contributed by atoms with E-state index in [2.05, 4.69) is 41.4 Å². The summed E-state index contributed by atoms with van der Waals surface area (Å²) in [4.78, 5) is 16.2. The van der Waals surface area contributed by atoms with E-state index in [1.165, 1.54) is 11.1 Å². The Morgan fingerprint density at radius 3 is 2.56 bits per heavy atom. The van der Waals surface area contributed by atoms with Gasteiger partial charge in [-0.1, -0.05) is 42.7 Å². The van der Waals surface area contributed by atoms with Gasteiger partial charge in [0.2, 0.25) is 0 Å². The van der Waals surface area contributed by atoms with Crippen LogP contribution in [0.1, 0.15) is 49.3 Å². The molecule has 2 N–H and O–H groups in total. The first-order valence-electron chi connectivity index (χ1n) is 9.25. The molecule has 0 spiro atoms. The lowest BCUT2D eigenvalue weighted by Crippen LogP contribution is -2.43. The van der Waals surface area contributed by atoms with E-state index in [4.69, 9.17) is 0 Å². The number of carbonyl (C=O) groups is 1. The van der Waals surface area contributed by atoms with E-state index in [1.807, 2.05) is 14.1 Å². The standard InChI is InChI=1S/C20H33N3O2/c1-16-8-7-9-17(14-16)18(22(2)3)15-21-19(24)23(4)13-12-20(25)10-5-6-11-20/h7-9,14,18,25H,5-6,10-13,15H2,1-4H3,(H,21,24)/t18-/m0/s1. The van der Waals surface area contributed by atoms with Gasteiger partial charge in [-0.25, -0.2) is 4.79 Å². The second-order valence-corrected chi connectivity index (χ2v) is 7.68. The number of rotatable bonds is 7. The molecule has 0 saturated heterocycles. The van der Waals surface area contributed by atoms with Gasteiger partial charge in [0.1, 0.15) is 0 Å². The highest BCUT2D eigenvalue weighted by molar-refractivity contribution is 5.73. The summed E-state index contributed by atoms with van der Waals surface area (Å²) in [5.41, 5.74) is 1.85. The maximum absolute atomic E-state index is 12.4. The maximum Gasteiger partial charge on any atom is 0.317 e. The lowest BCUT2D eigenvalue weighted by Gasteiger charge is -2.28. The molecule has 2 amide bonds. The smallest absolute Gasteiger partial charge is 0.317 e. The van der Waals surface area contributed by atoms with Crippen LogP contribution >= 0.6 is 0 Å². The number of carbonyl (C=O) groups excluding carboxylic acids is 1. The van der Waals surface area contributed by atoms with Crippen molar-refractivity contribution in [2.45, 2.75) is 50.7 Å². The lowest BCUT2D eigenvalue weighted by molar-refractivity contribution is 0.0330. The Hall–Kier alpha value is -1.59. The molecule has 1 fully saturated rings. The number of hydrogen-bond acceptors (Lipinski definition) is 3. The van der Waals surface area contributed by atoms with Crippen LogP contribution in [0, 0.1) is 6.92 Å². The van der Waals surface area contributed by atoms with Gasteiger partial charge in [-0.3, -0.25) is 0 Å². The monoisotopic (exact) mass is 347 g/mol. The number of nitrogens with zero attached hydrogens (tertiary/aromatic N) is 2. The SMILES string of the molecule is Cc1cccc([C@H](CNC(=O)N(C)CCC2(O)CCCC2)N(C)C)c1. The minimum atomic E-state index is -0.567. The molecule has 140 valence electrons. The Morgan fingerprint density at radius 1 is 1.28 bits per heavy atom. The molecule has 1 saturated carbocycles. The van der Waals surface area contributed by atoms with E-state index in [9.17, 15) is 9.90 Å². The average molecular weight is 348 g/mol. The van der Waals surface area contributed by atoms with E-state index >= 15 is 0 Å². The number of urea groups is 1. The molecule has 5 heteroatoms. The van der Waals surface area contributed by atoms with Crippen molar-refractivity contribution in [1.29, 1.82) is 0 Å². The highest BCUT2D eigenvalue weighted by Crippen LogP contribution is 2.32. The van der Waals surface area contributed by atoms with Crippen molar-refractivity contribution in [3.05, 3.63) is 35.4 Å². The molecule has 1 atom stereocenters. The third-order valence-electron chi connectivity index (χ3n) is 5.29. The van der Waals surface area contributed by atoms with Crippen molar-refractivity contribution in [3.63, 3.8) is 0 Å². The number of hydrogen-bond donors (Lipinski definition) is 2. The summed E-state index contributed by atoms with van der Waals surface area (Å²) in [6, 6.07) is 8.45. The molecular formula is C20H33N3O2. The van der Waals surface area contributed by atoms with Crippen LogP contribution in [0.2, 0.25) is 0 Å². The zero-order valence-electron chi connectivity index (χ0n) is 16.1. The third-order valence-corrected chi connectivity index (χ3v) is 5.29. The summed E-state index contributed by atoms with van der Waals surface area (Å²) in [5, 5.41) is 13.5. The van der Waals surface area contributed by atoms with Gasteiger partial charge >= 0.3 is 6.03 Å². The second-order valence-electron chi connectivity index (χ2n) is 7.68. The first-order chi connectivity index (χ1) is 11.8. The van der Waals surface area contributed by atoms with Gasteiger partial charge < -0.3 is 20.2 Å². The highest BCUT2D eigenvalue weighted by Gasteiger charge is 2.31. The Kier molecular flexibility index (Phi) is 6.85. The van der Waals surface area contributed by atoms with Crippen LogP contribution in [-0.2, 0) is 0 Å². The minimum Gasteiger partial charge on any atom is -0.390 e. The Bertz CT molecular complexity index is 568. The fourth-order valence-electron chi connectivity index (χ4n) is 3.56. The van der Waals surface area contributed by atoms with Crippen LogP contribution in [0.15, 0.2) is 24.3 Å². The largest absolute Gasteiger partial charge is 0.390 e. The molecule has 1 aromatic rings. The van der Waals surface area contributed by atoms with Crippen LogP contribution in [0.25, 0.3) is 0 Å². The van der Waals surface area contributed by atoms with Gasteiger partial charge in [-0.15, -0.1) is 0 Å². The number of amides is 2. The molecule has 25 heavy (non-hydrogen) atoms. The van der Waals surface area contributed by atoms with E-state index in [0.717, 1.165) is 25.7 Å². The molecule has 2 rings (SSSR count). The molecule has 0 radical (unpaired) electrons. The molecule has 0 heterocycles. The van der Waals surface area contributed by atoms with Crippen molar-refractivity contribution in [3.8, 4) is 0 Å². The molecule has 0 unspecified atom stereocenters. The Labute approximate surface area is 152 Å². The predicted molar refractivity (Wildman–Crippen MR) is 102 cm³/mol. The summed E-state index contributed by atoms with van der Waals surface area (Å²) < 4.78 is 0. The van der Waals surface area contributed by atoms with Gasteiger partial charge in [0, 0.05) is 20.1 Å². The van der Waals surface area contributed by atoms with Crippen LogP contribution in [0.5, 0.6) is 0 Å². The molecule has 1 aromatic carbocycles. The zero-order valence-corrected chi connectivity index (χ0v) is 16.1. The predicted octanol–water partition coefficient (Wildman–Crippen LogP) is 2.93.